The molecule has 2 heterocycles. The summed E-state index contributed by atoms with van der Waals surface area (Å²) in [5, 5.41) is 9.32. The summed E-state index contributed by atoms with van der Waals surface area (Å²) < 4.78 is 32.5. The van der Waals surface area contributed by atoms with E-state index in [0.29, 0.717) is 6.42 Å². The minimum absolute atomic E-state index is 0.0145. The molecule has 7 heteroatoms. The molecule has 4 rings (SSSR count). The standard InChI is InChI=1S/C15H17NO5S/c1-14(2)8-15-11(21-13(18)12(14)15)7-16(15)22(19,20)10-5-3-9(17)4-6-10/h3-6,11-12,17H,7-8H2,1-2H3. The van der Waals surface area contributed by atoms with Gasteiger partial charge in [0.2, 0.25) is 10.0 Å². The molecular weight excluding hydrogens is 306 g/mol. The van der Waals surface area contributed by atoms with Gasteiger partial charge in [0.05, 0.1) is 22.9 Å². The van der Waals surface area contributed by atoms with Crippen molar-refractivity contribution in [1.82, 2.24) is 4.31 Å². The predicted octanol–water partition coefficient (Wildman–Crippen LogP) is 1.11. The van der Waals surface area contributed by atoms with Crippen molar-refractivity contribution in [3.05, 3.63) is 24.3 Å². The minimum Gasteiger partial charge on any atom is -0.508 e. The van der Waals surface area contributed by atoms with Crippen molar-refractivity contribution in [3.63, 3.8) is 0 Å². The maximum Gasteiger partial charge on any atom is 0.311 e. The molecule has 1 aromatic carbocycles. The Balaban J connectivity index is 1.74. The van der Waals surface area contributed by atoms with Gasteiger partial charge >= 0.3 is 5.97 Å². The zero-order chi connectivity index (χ0) is 15.9. The van der Waals surface area contributed by atoms with Crippen molar-refractivity contribution in [2.24, 2.45) is 11.3 Å². The Morgan fingerprint density at radius 2 is 1.91 bits per heavy atom. The number of aromatic hydroxyl groups is 1. The van der Waals surface area contributed by atoms with Crippen LogP contribution in [-0.4, -0.2) is 42.0 Å². The summed E-state index contributed by atoms with van der Waals surface area (Å²) >= 11 is 0. The lowest BCUT2D eigenvalue weighted by atomic mass is 9.48. The fourth-order valence-corrected chi connectivity index (χ4v) is 6.28. The van der Waals surface area contributed by atoms with Gasteiger partial charge in [-0.1, -0.05) is 13.8 Å². The summed E-state index contributed by atoms with van der Waals surface area (Å²) in [5.74, 6) is -0.670. The summed E-state index contributed by atoms with van der Waals surface area (Å²) in [5.41, 5.74) is -0.952. The number of nitrogens with zero attached hydrogens (tertiary/aromatic N) is 1. The molecule has 2 aliphatic heterocycles. The number of hydrogen-bond donors (Lipinski definition) is 1. The fraction of sp³-hybridized carbons (Fsp3) is 0.533. The van der Waals surface area contributed by atoms with E-state index in [1.54, 1.807) is 0 Å². The average molecular weight is 323 g/mol. The number of ether oxygens (including phenoxy) is 1. The highest BCUT2D eigenvalue weighted by molar-refractivity contribution is 7.89. The first-order valence-electron chi connectivity index (χ1n) is 7.22. The molecule has 3 aliphatic rings. The van der Waals surface area contributed by atoms with Crippen molar-refractivity contribution in [2.45, 2.75) is 36.8 Å². The molecule has 3 unspecified atom stereocenters. The van der Waals surface area contributed by atoms with Crippen LogP contribution in [0.15, 0.2) is 29.2 Å². The van der Waals surface area contributed by atoms with Gasteiger partial charge in [0.15, 0.2) is 0 Å². The highest BCUT2D eigenvalue weighted by atomic mass is 32.2. The maximum absolute atomic E-state index is 12.8. The van der Waals surface area contributed by atoms with Gasteiger partial charge in [0.1, 0.15) is 11.9 Å². The van der Waals surface area contributed by atoms with E-state index in [1.807, 2.05) is 13.8 Å². The van der Waals surface area contributed by atoms with Crippen LogP contribution in [0.5, 0.6) is 5.75 Å². The number of esters is 1. The molecule has 22 heavy (non-hydrogen) atoms. The second-order valence-corrected chi connectivity index (χ2v) is 8.91. The van der Waals surface area contributed by atoms with E-state index in [2.05, 4.69) is 0 Å². The topological polar surface area (TPSA) is 83.9 Å². The number of benzene rings is 1. The van der Waals surface area contributed by atoms with E-state index in [9.17, 15) is 18.3 Å². The molecule has 118 valence electrons. The van der Waals surface area contributed by atoms with Crippen molar-refractivity contribution >= 4 is 16.0 Å². The molecule has 1 N–H and O–H groups in total. The molecule has 0 amide bonds. The van der Waals surface area contributed by atoms with Crippen LogP contribution < -0.4 is 0 Å². The van der Waals surface area contributed by atoms with Crippen LogP contribution in [0.1, 0.15) is 20.3 Å². The van der Waals surface area contributed by atoms with Crippen LogP contribution in [0.3, 0.4) is 0 Å². The summed E-state index contributed by atoms with van der Waals surface area (Å²) in [7, 11) is -3.70. The lowest BCUT2D eigenvalue weighted by molar-refractivity contribution is -0.158. The summed E-state index contributed by atoms with van der Waals surface area (Å²) in [6, 6.07) is 5.46. The Morgan fingerprint density at radius 1 is 1.27 bits per heavy atom. The number of phenolic OH excluding ortho intramolecular Hbond substituents is 1. The van der Waals surface area contributed by atoms with Gasteiger partial charge in [-0.2, -0.15) is 4.31 Å². The van der Waals surface area contributed by atoms with Crippen molar-refractivity contribution in [3.8, 4) is 5.75 Å². The van der Waals surface area contributed by atoms with Gasteiger partial charge < -0.3 is 9.84 Å². The quantitative estimate of drug-likeness (QED) is 0.824. The number of phenols is 1. The number of hydrogen-bond acceptors (Lipinski definition) is 5. The maximum atomic E-state index is 12.8. The Morgan fingerprint density at radius 3 is 2.50 bits per heavy atom. The molecule has 0 bridgehead atoms. The molecule has 1 aromatic rings. The SMILES string of the molecule is CC1(C)CC23C(CN2S(=O)(=O)c2ccc(O)cc2)OC(=O)C13. The molecule has 1 spiro atoms. The normalized spacial score (nSPS) is 35.8. The Kier molecular flexibility index (Phi) is 2.44. The van der Waals surface area contributed by atoms with E-state index in [0.717, 1.165) is 0 Å². The van der Waals surface area contributed by atoms with Gasteiger partial charge in [0, 0.05) is 0 Å². The molecule has 1 saturated carbocycles. The highest BCUT2D eigenvalue weighted by Gasteiger charge is 2.80. The molecular formula is C15H17NO5S. The van der Waals surface area contributed by atoms with Crippen molar-refractivity contribution in [2.75, 3.05) is 6.54 Å². The highest BCUT2D eigenvalue weighted by Crippen LogP contribution is 2.67. The number of sulfonamides is 1. The summed E-state index contributed by atoms with van der Waals surface area (Å²) in [4.78, 5) is 12.2. The molecule has 6 nitrogen and oxygen atoms in total. The van der Waals surface area contributed by atoms with Crippen LogP contribution in [0.2, 0.25) is 0 Å². The Bertz CT molecular complexity index is 770. The van der Waals surface area contributed by atoms with Crippen LogP contribution in [-0.2, 0) is 19.6 Å². The Hall–Kier alpha value is -1.60. The van der Waals surface area contributed by atoms with Crippen LogP contribution >= 0.6 is 0 Å². The third-order valence-electron chi connectivity index (χ3n) is 5.29. The first-order chi connectivity index (χ1) is 10.2. The van der Waals surface area contributed by atoms with Crippen LogP contribution in [0.25, 0.3) is 0 Å². The van der Waals surface area contributed by atoms with Crippen LogP contribution in [0.4, 0.5) is 0 Å². The zero-order valence-corrected chi connectivity index (χ0v) is 13.1. The second-order valence-electron chi connectivity index (χ2n) is 7.05. The Labute approximate surface area is 128 Å². The molecule has 0 radical (unpaired) electrons. The van der Waals surface area contributed by atoms with Gasteiger partial charge in [-0.25, -0.2) is 8.42 Å². The molecule has 3 atom stereocenters. The van der Waals surface area contributed by atoms with Gasteiger partial charge in [-0.05, 0) is 36.1 Å². The largest absolute Gasteiger partial charge is 0.508 e. The van der Waals surface area contributed by atoms with Gasteiger partial charge in [-0.3, -0.25) is 4.79 Å². The molecule has 0 aromatic heterocycles. The molecule has 2 saturated heterocycles. The minimum atomic E-state index is -3.70. The predicted molar refractivity (Wildman–Crippen MR) is 76.5 cm³/mol. The van der Waals surface area contributed by atoms with Gasteiger partial charge in [0.25, 0.3) is 0 Å². The summed E-state index contributed by atoms with van der Waals surface area (Å²) in [6.07, 6.45) is 0.295. The number of carbonyl (C=O) groups excluding carboxylic acids is 1. The second kappa shape index (κ2) is 3.83. The van der Waals surface area contributed by atoms with E-state index in [1.165, 1.54) is 28.6 Å². The lowest BCUT2D eigenvalue weighted by Gasteiger charge is -2.65. The molecule has 1 aliphatic carbocycles. The van der Waals surface area contributed by atoms with Gasteiger partial charge in [-0.15, -0.1) is 0 Å². The smallest absolute Gasteiger partial charge is 0.311 e. The van der Waals surface area contributed by atoms with Crippen molar-refractivity contribution < 1.29 is 23.1 Å². The fourth-order valence-electron chi connectivity index (χ4n) is 4.48. The average Bonchev–Trinajstić information content (AvgIpc) is 2.57. The summed E-state index contributed by atoms with van der Waals surface area (Å²) in [6.45, 7) is 4.15. The third-order valence-corrected chi connectivity index (χ3v) is 7.23. The molecule has 3 fully saturated rings. The van der Waals surface area contributed by atoms with E-state index < -0.39 is 21.5 Å². The first kappa shape index (κ1) is 14.0. The third kappa shape index (κ3) is 1.43. The monoisotopic (exact) mass is 323 g/mol. The zero-order valence-electron chi connectivity index (χ0n) is 12.3. The number of carbonyl (C=O) groups is 1. The lowest BCUT2D eigenvalue weighted by Crippen LogP contribution is -2.80. The first-order valence-corrected chi connectivity index (χ1v) is 8.66. The van der Waals surface area contributed by atoms with Crippen LogP contribution in [0, 0.1) is 11.3 Å². The van der Waals surface area contributed by atoms with E-state index >= 15 is 0 Å². The number of rotatable bonds is 2. The van der Waals surface area contributed by atoms with E-state index in [-0.39, 0.29) is 34.7 Å². The van der Waals surface area contributed by atoms with Crippen molar-refractivity contribution in [1.29, 1.82) is 0 Å². The van der Waals surface area contributed by atoms with E-state index in [4.69, 9.17) is 4.74 Å².